The first kappa shape index (κ1) is 20.6. The molecule has 0 amide bonds. The van der Waals surface area contributed by atoms with Gasteiger partial charge in [-0.3, -0.25) is 0 Å². The maximum atomic E-state index is 12.3. The molecular formula is C18H27BN4O5S. The molecule has 1 unspecified atom stereocenters. The van der Waals surface area contributed by atoms with E-state index in [4.69, 9.17) is 19.0 Å². The Morgan fingerprint density at radius 2 is 1.83 bits per heavy atom. The summed E-state index contributed by atoms with van der Waals surface area (Å²) in [5, 5.41) is 0.671. The molecule has 2 aliphatic heterocycles. The lowest BCUT2D eigenvalue weighted by Gasteiger charge is -2.34. The van der Waals surface area contributed by atoms with E-state index in [1.54, 1.807) is 6.07 Å². The van der Waals surface area contributed by atoms with E-state index in [0.29, 0.717) is 42.3 Å². The van der Waals surface area contributed by atoms with Crippen LogP contribution in [0.1, 0.15) is 34.6 Å². The van der Waals surface area contributed by atoms with Gasteiger partial charge in [0, 0.05) is 12.7 Å². The Bertz CT molecular complexity index is 1040. The van der Waals surface area contributed by atoms with Crippen molar-refractivity contribution in [3.8, 4) is 0 Å². The highest BCUT2D eigenvalue weighted by molar-refractivity contribution is 7.89. The average molecular weight is 422 g/mol. The lowest BCUT2D eigenvalue weighted by atomic mass is 9.89. The van der Waals surface area contributed by atoms with Crippen LogP contribution in [0.3, 0.4) is 0 Å². The second kappa shape index (κ2) is 6.66. The molecule has 0 spiro atoms. The minimum atomic E-state index is -3.53. The van der Waals surface area contributed by atoms with Gasteiger partial charge in [0.15, 0.2) is 11.4 Å². The molecular weight excluding hydrogens is 395 g/mol. The summed E-state index contributed by atoms with van der Waals surface area (Å²) in [5.74, 6) is 0.665. The van der Waals surface area contributed by atoms with Crippen molar-refractivity contribution in [2.45, 2.75) is 51.9 Å². The summed E-state index contributed by atoms with van der Waals surface area (Å²) in [4.78, 5) is 11.5. The molecule has 158 valence electrons. The number of hydrogen-bond acceptors (Lipinski definition) is 8. The largest absolute Gasteiger partial charge is 0.534 e. The van der Waals surface area contributed by atoms with Crippen LogP contribution < -0.4 is 10.6 Å². The topological polar surface area (TPSA) is 95.8 Å². The van der Waals surface area contributed by atoms with Crippen molar-refractivity contribution in [3.05, 3.63) is 12.3 Å². The Labute approximate surface area is 171 Å². The second-order valence-electron chi connectivity index (χ2n) is 8.72. The molecule has 9 nitrogen and oxygen atoms in total. The molecule has 4 heterocycles. The molecule has 2 fully saturated rings. The van der Waals surface area contributed by atoms with Gasteiger partial charge in [-0.1, -0.05) is 0 Å². The molecule has 0 saturated carbocycles. The van der Waals surface area contributed by atoms with Gasteiger partial charge < -0.3 is 18.9 Å². The third-order valence-electron chi connectivity index (χ3n) is 5.97. The number of ether oxygens (including phenoxy) is 1. The van der Waals surface area contributed by atoms with Crippen molar-refractivity contribution < 1.29 is 22.5 Å². The van der Waals surface area contributed by atoms with Crippen molar-refractivity contribution in [1.82, 2.24) is 13.9 Å². The minimum Gasteiger partial charge on any atom is -0.397 e. The number of morpholine rings is 1. The monoisotopic (exact) mass is 422 g/mol. The predicted molar refractivity (Wildman–Crippen MR) is 111 cm³/mol. The van der Waals surface area contributed by atoms with Gasteiger partial charge in [0.05, 0.1) is 42.1 Å². The van der Waals surface area contributed by atoms with Crippen LogP contribution in [0.5, 0.6) is 0 Å². The molecule has 0 radical (unpaired) electrons. The fraction of sp³-hybridized carbons (Fsp3) is 0.667. The van der Waals surface area contributed by atoms with Crippen LogP contribution in [0, 0.1) is 0 Å². The lowest BCUT2D eigenvalue weighted by Crippen LogP contribution is -2.46. The summed E-state index contributed by atoms with van der Waals surface area (Å²) in [6.07, 6.45) is 2.66. The van der Waals surface area contributed by atoms with Gasteiger partial charge in [-0.2, -0.15) is 0 Å². The van der Waals surface area contributed by atoms with E-state index >= 15 is 0 Å². The minimum absolute atomic E-state index is 0.0922. The van der Waals surface area contributed by atoms with Crippen LogP contribution in [-0.4, -0.2) is 72.7 Å². The Hall–Kier alpha value is -1.69. The normalized spacial score (nSPS) is 24.4. The van der Waals surface area contributed by atoms with Gasteiger partial charge in [0.2, 0.25) is 10.0 Å². The molecule has 0 N–H and O–H groups in total. The van der Waals surface area contributed by atoms with Crippen molar-refractivity contribution in [3.63, 3.8) is 0 Å². The van der Waals surface area contributed by atoms with Crippen molar-refractivity contribution in [1.29, 1.82) is 0 Å². The summed E-state index contributed by atoms with van der Waals surface area (Å²) in [5.41, 5.74) is -0.475. The van der Waals surface area contributed by atoms with Crippen molar-refractivity contribution in [2.24, 2.45) is 0 Å². The SMILES string of the molecule is CC1COCCN1c1nc(B2OC(C)(C)C(C)(C)O2)nc2c1ccn2S(C)(=O)=O. The second-order valence-corrected chi connectivity index (χ2v) is 10.6. The van der Waals surface area contributed by atoms with Gasteiger partial charge in [0.1, 0.15) is 5.82 Å². The molecule has 2 aromatic heterocycles. The summed E-state index contributed by atoms with van der Waals surface area (Å²) < 4.78 is 43.6. The number of rotatable bonds is 3. The number of anilines is 1. The summed E-state index contributed by atoms with van der Waals surface area (Å²) in [7, 11) is -4.32. The Morgan fingerprint density at radius 1 is 1.17 bits per heavy atom. The third kappa shape index (κ3) is 3.43. The van der Waals surface area contributed by atoms with E-state index in [9.17, 15) is 8.42 Å². The van der Waals surface area contributed by atoms with Gasteiger partial charge in [-0.05, 0) is 40.7 Å². The van der Waals surface area contributed by atoms with Crippen molar-refractivity contribution >= 4 is 39.7 Å². The highest BCUT2D eigenvalue weighted by atomic mass is 32.2. The maximum absolute atomic E-state index is 12.3. The summed E-state index contributed by atoms with van der Waals surface area (Å²) in [6.45, 7) is 11.7. The fourth-order valence-electron chi connectivity index (χ4n) is 3.57. The quantitative estimate of drug-likeness (QED) is 0.670. The number of nitrogens with zero attached hydrogens (tertiary/aromatic N) is 4. The molecule has 29 heavy (non-hydrogen) atoms. The molecule has 4 rings (SSSR count). The van der Waals surface area contributed by atoms with Gasteiger partial charge >= 0.3 is 7.12 Å². The van der Waals surface area contributed by atoms with E-state index in [2.05, 4.69) is 16.8 Å². The molecule has 2 saturated heterocycles. The van der Waals surface area contributed by atoms with Crippen LogP contribution in [0.2, 0.25) is 0 Å². The molecule has 0 bridgehead atoms. The van der Waals surface area contributed by atoms with Gasteiger partial charge in [0.25, 0.3) is 0 Å². The number of aromatic nitrogens is 3. The van der Waals surface area contributed by atoms with Crippen LogP contribution in [-0.2, 0) is 24.1 Å². The van der Waals surface area contributed by atoms with Gasteiger partial charge in [-0.15, -0.1) is 0 Å². The number of fused-ring (bicyclic) bond motifs is 1. The van der Waals surface area contributed by atoms with E-state index in [1.807, 2.05) is 27.7 Å². The summed E-state index contributed by atoms with van der Waals surface area (Å²) in [6, 6.07) is 1.83. The van der Waals surface area contributed by atoms with E-state index < -0.39 is 28.3 Å². The molecule has 11 heteroatoms. The highest BCUT2D eigenvalue weighted by Gasteiger charge is 2.53. The van der Waals surface area contributed by atoms with Crippen LogP contribution in [0.25, 0.3) is 11.0 Å². The Kier molecular flexibility index (Phi) is 4.73. The molecule has 2 aliphatic rings. The van der Waals surface area contributed by atoms with Crippen molar-refractivity contribution in [2.75, 3.05) is 30.9 Å². The van der Waals surface area contributed by atoms with Crippen LogP contribution in [0.4, 0.5) is 5.82 Å². The first-order valence-electron chi connectivity index (χ1n) is 9.70. The van der Waals surface area contributed by atoms with Gasteiger partial charge in [-0.25, -0.2) is 22.4 Å². The molecule has 0 aliphatic carbocycles. The zero-order valence-electron chi connectivity index (χ0n) is 17.7. The zero-order chi connectivity index (χ0) is 21.2. The Morgan fingerprint density at radius 3 is 2.41 bits per heavy atom. The predicted octanol–water partition coefficient (Wildman–Crippen LogP) is 0.763. The first-order valence-corrected chi connectivity index (χ1v) is 11.6. The maximum Gasteiger partial charge on any atom is 0.534 e. The average Bonchev–Trinajstić information content (AvgIpc) is 3.13. The third-order valence-corrected chi connectivity index (χ3v) is 6.98. The van der Waals surface area contributed by atoms with E-state index in [1.165, 1.54) is 10.2 Å². The van der Waals surface area contributed by atoms with E-state index in [-0.39, 0.29) is 6.04 Å². The summed E-state index contributed by atoms with van der Waals surface area (Å²) >= 11 is 0. The molecule has 1 atom stereocenters. The standard InChI is InChI=1S/C18H27BN4O5S/c1-12-11-26-10-9-22(12)14-13-7-8-23(29(6,24)25)15(13)21-16(20-14)19-27-17(2,3)18(4,5)28-19/h7-8,12H,9-11H2,1-6H3. The van der Waals surface area contributed by atoms with E-state index in [0.717, 1.165) is 6.26 Å². The van der Waals surface area contributed by atoms with Crippen LogP contribution in [0.15, 0.2) is 12.3 Å². The zero-order valence-corrected chi connectivity index (χ0v) is 18.5. The Balaban J connectivity index is 1.90. The molecule has 2 aromatic rings. The number of hydrogen-bond donors (Lipinski definition) is 0. The first-order chi connectivity index (χ1) is 13.4. The molecule has 0 aromatic carbocycles. The lowest BCUT2D eigenvalue weighted by molar-refractivity contribution is 0.00578. The fourth-order valence-corrected chi connectivity index (χ4v) is 4.31. The van der Waals surface area contributed by atoms with Crippen LogP contribution >= 0.6 is 0 Å². The smallest absolute Gasteiger partial charge is 0.397 e. The highest BCUT2D eigenvalue weighted by Crippen LogP contribution is 2.36.